The fraction of sp³-hybridized carbons (Fsp3) is 0.296. The summed E-state index contributed by atoms with van der Waals surface area (Å²) in [5, 5.41) is 2.96. The van der Waals surface area contributed by atoms with Gasteiger partial charge < -0.3 is 24.3 Å². The minimum Gasteiger partial charge on any atom is -0.493 e. The van der Waals surface area contributed by atoms with Crippen molar-refractivity contribution in [1.29, 1.82) is 0 Å². The summed E-state index contributed by atoms with van der Waals surface area (Å²) in [6.07, 6.45) is 1.81. The molecule has 186 valence electrons. The van der Waals surface area contributed by atoms with Crippen LogP contribution in [-0.4, -0.2) is 77.3 Å². The molecule has 1 aliphatic heterocycles. The van der Waals surface area contributed by atoms with Gasteiger partial charge in [-0.15, -0.1) is 0 Å². The summed E-state index contributed by atoms with van der Waals surface area (Å²) in [4.78, 5) is 26.5. The van der Waals surface area contributed by atoms with Crippen LogP contribution in [0.4, 0.5) is 10.5 Å². The molecule has 0 saturated carbocycles. The van der Waals surface area contributed by atoms with Crippen molar-refractivity contribution >= 4 is 22.9 Å². The molecule has 2 aromatic heterocycles. The van der Waals surface area contributed by atoms with Gasteiger partial charge in [0, 0.05) is 62.8 Å². The highest BCUT2D eigenvalue weighted by atomic mass is 16.5. The lowest BCUT2D eigenvalue weighted by molar-refractivity contribution is 0.145. The van der Waals surface area contributed by atoms with Crippen molar-refractivity contribution in [3.05, 3.63) is 66.9 Å². The first kappa shape index (κ1) is 23.6. The number of imidazole rings is 1. The molecule has 0 radical (unpaired) electrons. The molecular weight excluding hydrogens is 456 g/mol. The van der Waals surface area contributed by atoms with Gasteiger partial charge in [-0.05, 0) is 24.3 Å². The third-order valence-electron chi connectivity index (χ3n) is 6.47. The first-order chi connectivity index (χ1) is 17.7. The molecule has 0 bridgehead atoms. The second kappa shape index (κ2) is 10.7. The molecule has 0 unspecified atom stereocenters. The Morgan fingerprint density at radius 3 is 2.44 bits per heavy atom. The number of pyridine rings is 1. The van der Waals surface area contributed by atoms with E-state index in [-0.39, 0.29) is 6.03 Å². The van der Waals surface area contributed by atoms with E-state index in [0.717, 1.165) is 48.7 Å². The molecule has 2 aromatic carbocycles. The average Bonchev–Trinajstić information content (AvgIpc) is 3.31. The zero-order chi connectivity index (χ0) is 24.9. The average molecular weight is 487 g/mol. The van der Waals surface area contributed by atoms with Crippen molar-refractivity contribution < 1.29 is 14.3 Å². The number of urea groups is 1. The van der Waals surface area contributed by atoms with E-state index in [1.807, 2.05) is 47.5 Å². The van der Waals surface area contributed by atoms with Crippen molar-refractivity contribution in [2.45, 2.75) is 6.54 Å². The van der Waals surface area contributed by atoms with Crippen LogP contribution in [0.15, 0.2) is 66.9 Å². The molecule has 9 heteroatoms. The molecule has 36 heavy (non-hydrogen) atoms. The number of rotatable bonds is 7. The number of carbonyl (C=O) groups excluding carboxylic acids is 1. The van der Waals surface area contributed by atoms with Crippen molar-refractivity contribution in [3.63, 3.8) is 0 Å². The lowest BCUT2D eigenvalue weighted by Gasteiger charge is -2.34. The van der Waals surface area contributed by atoms with Gasteiger partial charge in [0.05, 0.1) is 14.2 Å². The third-order valence-corrected chi connectivity index (χ3v) is 6.47. The summed E-state index contributed by atoms with van der Waals surface area (Å²) in [6.45, 7) is 4.56. The van der Waals surface area contributed by atoms with Gasteiger partial charge in [0.1, 0.15) is 11.3 Å². The number of ether oxygens (including phenoxy) is 2. The number of nitrogens with zero attached hydrogens (tertiary/aromatic N) is 5. The van der Waals surface area contributed by atoms with Gasteiger partial charge in [0.2, 0.25) is 0 Å². The molecule has 4 aromatic rings. The molecule has 0 aliphatic carbocycles. The van der Waals surface area contributed by atoms with E-state index in [9.17, 15) is 4.79 Å². The van der Waals surface area contributed by atoms with Crippen LogP contribution in [-0.2, 0) is 6.54 Å². The predicted octanol–water partition coefficient (Wildman–Crippen LogP) is 3.97. The zero-order valence-electron chi connectivity index (χ0n) is 20.6. The molecule has 0 spiro atoms. The summed E-state index contributed by atoms with van der Waals surface area (Å²) in [7, 11) is 3.16. The van der Waals surface area contributed by atoms with Crippen LogP contribution in [0.25, 0.3) is 22.6 Å². The van der Waals surface area contributed by atoms with Crippen molar-refractivity contribution in [2.24, 2.45) is 0 Å². The second-order valence-electron chi connectivity index (χ2n) is 8.63. The van der Waals surface area contributed by atoms with E-state index in [1.165, 1.54) is 0 Å². The Bertz CT molecular complexity index is 1330. The number of carbonyl (C=O) groups is 1. The summed E-state index contributed by atoms with van der Waals surface area (Å²) in [5.41, 5.74) is 3.54. The van der Waals surface area contributed by atoms with Crippen LogP contribution in [0, 0.1) is 0 Å². The van der Waals surface area contributed by atoms with Crippen molar-refractivity contribution in [3.8, 4) is 22.9 Å². The monoisotopic (exact) mass is 486 g/mol. The number of nitrogens with one attached hydrogen (secondary N) is 1. The first-order valence-corrected chi connectivity index (χ1v) is 12.0. The standard InChI is InChI=1S/C27H30N6O3/c1-35-23-11-10-21(19-24(23)36-2)29-27(34)32-16-13-31(14-17-32)15-18-33-25(20-7-4-3-5-8-20)30-22-9-6-12-28-26(22)33/h3-12,19H,13-18H2,1-2H3,(H,29,34). The molecule has 3 heterocycles. The van der Waals surface area contributed by atoms with Crippen LogP contribution in [0.1, 0.15) is 0 Å². The summed E-state index contributed by atoms with van der Waals surface area (Å²) >= 11 is 0. The van der Waals surface area contributed by atoms with Gasteiger partial charge in [0.25, 0.3) is 0 Å². The number of fused-ring (bicyclic) bond motifs is 1. The van der Waals surface area contributed by atoms with Gasteiger partial charge in [-0.2, -0.15) is 0 Å². The minimum absolute atomic E-state index is 0.113. The molecule has 5 rings (SSSR count). The molecule has 9 nitrogen and oxygen atoms in total. The lowest BCUT2D eigenvalue weighted by atomic mass is 10.2. The fourth-order valence-electron chi connectivity index (χ4n) is 4.51. The van der Waals surface area contributed by atoms with E-state index in [2.05, 4.69) is 31.9 Å². The Labute approximate surface area is 210 Å². The highest BCUT2D eigenvalue weighted by molar-refractivity contribution is 5.89. The topological polar surface area (TPSA) is 84.8 Å². The maximum atomic E-state index is 12.8. The smallest absolute Gasteiger partial charge is 0.321 e. The third kappa shape index (κ3) is 4.96. The first-order valence-electron chi connectivity index (χ1n) is 12.0. The van der Waals surface area contributed by atoms with E-state index < -0.39 is 0 Å². The van der Waals surface area contributed by atoms with E-state index in [1.54, 1.807) is 26.4 Å². The molecule has 1 fully saturated rings. The molecular formula is C27H30N6O3. The Morgan fingerprint density at radius 1 is 0.917 bits per heavy atom. The zero-order valence-corrected chi connectivity index (χ0v) is 20.6. The Kier molecular flexibility index (Phi) is 6.99. The number of anilines is 1. The van der Waals surface area contributed by atoms with Gasteiger partial charge in [-0.3, -0.25) is 4.90 Å². The number of hydrogen-bond acceptors (Lipinski definition) is 6. The Balaban J connectivity index is 1.20. The van der Waals surface area contributed by atoms with Crippen molar-refractivity contribution in [2.75, 3.05) is 52.3 Å². The normalized spacial score (nSPS) is 14.1. The molecule has 2 amide bonds. The van der Waals surface area contributed by atoms with Crippen LogP contribution in [0.5, 0.6) is 11.5 Å². The van der Waals surface area contributed by atoms with Crippen LogP contribution in [0.2, 0.25) is 0 Å². The fourth-order valence-corrected chi connectivity index (χ4v) is 4.51. The number of benzene rings is 2. The highest BCUT2D eigenvalue weighted by Gasteiger charge is 2.22. The summed E-state index contributed by atoms with van der Waals surface area (Å²) < 4.78 is 12.8. The summed E-state index contributed by atoms with van der Waals surface area (Å²) in [5.74, 6) is 2.13. The quantitative estimate of drug-likeness (QED) is 0.426. The van der Waals surface area contributed by atoms with Gasteiger partial charge in [-0.25, -0.2) is 14.8 Å². The maximum absolute atomic E-state index is 12.8. The largest absolute Gasteiger partial charge is 0.493 e. The van der Waals surface area contributed by atoms with Gasteiger partial charge in [0.15, 0.2) is 17.1 Å². The number of piperazine rings is 1. The lowest BCUT2D eigenvalue weighted by Crippen LogP contribution is -2.50. The SMILES string of the molecule is COc1ccc(NC(=O)N2CCN(CCn3c(-c4ccccc4)nc4cccnc43)CC2)cc1OC. The van der Waals surface area contributed by atoms with Crippen LogP contribution < -0.4 is 14.8 Å². The number of aromatic nitrogens is 3. The summed E-state index contributed by atoms with van der Waals surface area (Å²) in [6, 6.07) is 19.4. The number of methoxy groups -OCH3 is 2. The molecule has 1 aliphatic rings. The van der Waals surface area contributed by atoms with E-state index in [0.29, 0.717) is 30.3 Å². The number of hydrogen-bond donors (Lipinski definition) is 1. The predicted molar refractivity (Wildman–Crippen MR) is 140 cm³/mol. The Hall–Kier alpha value is -4.11. The van der Waals surface area contributed by atoms with Crippen molar-refractivity contribution in [1.82, 2.24) is 24.3 Å². The molecule has 0 atom stereocenters. The highest BCUT2D eigenvalue weighted by Crippen LogP contribution is 2.30. The van der Waals surface area contributed by atoms with E-state index >= 15 is 0 Å². The maximum Gasteiger partial charge on any atom is 0.321 e. The van der Waals surface area contributed by atoms with Gasteiger partial charge in [-0.1, -0.05) is 30.3 Å². The molecule has 1 N–H and O–H groups in total. The minimum atomic E-state index is -0.113. The molecule has 1 saturated heterocycles. The van der Waals surface area contributed by atoms with Crippen LogP contribution >= 0.6 is 0 Å². The van der Waals surface area contributed by atoms with Gasteiger partial charge >= 0.3 is 6.03 Å². The van der Waals surface area contributed by atoms with Crippen LogP contribution in [0.3, 0.4) is 0 Å². The second-order valence-corrected chi connectivity index (χ2v) is 8.63. The van der Waals surface area contributed by atoms with E-state index in [4.69, 9.17) is 14.5 Å². The Morgan fingerprint density at radius 2 is 1.69 bits per heavy atom. The number of amides is 2.